The van der Waals surface area contributed by atoms with Crippen molar-refractivity contribution in [2.45, 2.75) is 115 Å². The van der Waals surface area contributed by atoms with Gasteiger partial charge in [0.25, 0.3) is 0 Å². The van der Waals surface area contributed by atoms with Gasteiger partial charge in [0, 0.05) is 6.42 Å². The minimum Gasteiger partial charge on any atom is -0.428 e. The maximum atomic E-state index is 13.0. The zero-order valence-corrected chi connectivity index (χ0v) is 20.3. The first-order chi connectivity index (χ1) is 12.9. The predicted molar refractivity (Wildman–Crippen MR) is 113 cm³/mol. The molecule has 2 rings (SSSR count). The van der Waals surface area contributed by atoms with Crippen LogP contribution in [-0.2, 0) is 23.1 Å². The fourth-order valence-electron chi connectivity index (χ4n) is 4.54. The molecule has 2 saturated heterocycles. The molecule has 2 aliphatic rings. The number of hydrogen-bond acceptors (Lipinski definition) is 5. The zero-order valence-electron chi connectivity index (χ0n) is 18.3. The van der Waals surface area contributed by atoms with Gasteiger partial charge in [-0.1, -0.05) is 41.5 Å². The summed E-state index contributed by atoms with van der Waals surface area (Å²) in [4.78, 5) is 13.0. The summed E-state index contributed by atoms with van der Waals surface area (Å²) in [5.41, 5.74) is 0. The second kappa shape index (κ2) is 9.52. The Labute approximate surface area is 167 Å². The van der Waals surface area contributed by atoms with Gasteiger partial charge in [-0.3, -0.25) is 0 Å². The number of hydrogen-bond donors (Lipinski definition) is 0. The van der Waals surface area contributed by atoms with E-state index >= 15 is 0 Å². The van der Waals surface area contributed by atoms with Crippen LogP contribution >= 0.6 is 0 Å². The Hall–Kier alpha value is -0.216. The third-order valence-corrected chi connectivity index (χ3v) is 16.3. The molecule has 158 valence electrons. The van der Waals surface area contributed by atoms with Gasteiger partial charge in [-0.05, 0) is 49.1 Å². The smallest absolute Gasteiger partial charge is 0.339 e. The second-order valence-corrected chi connectivity index (χ2v) is 17.5. The highest BCUT2D eigenvalue weighted by Gasteiger charge is 2.61. The molecule has 0 aromatic rings. The van der Waals surface area contributed by atoms with Crippen molar-refractivity contribution >= 4 is 22.6 Å². The highest BCUT2D eigenvalue weighted by atomic mass is 28.4. The van der Waals surface area contributed by atoms with Crippen LogP contribution in [0.2, 0.25) is 36.3 Å². The molecule has 27 heavy (non-hydrogen) atoms. The summed E-state index contributed by atoms with van der Waals surface area (Å²) in [7, 11) is -3.92. The van der Waals surface area contributed by atoms with E-state index in [4.69, 9.17) is 18.3 Å². The summed E-state index contributed by atoms with van der Waals surface area (Å²) in [6.45, 7) is 13.8. The SMILES string of the molecule is CC[Si](CC)(CC)O[C@@H]1[C@@H](O[Si](CC)(CC)CC)C(=O)O[C@]12CCCCO2. The molecule has 7 heteroatoms. The Balaban J connectivity index is 2.38. The molecule has 0 aliphatic carbocycles. The lowest BCUT2D eigenvalue weighted by Gasteiger charge is -2.42. The van der Waals surface area contributed by atoms with Gasteiger partial charge < -0.3 is 18.3 Å². The van der Waals surface area contributed by atoms with E-state index in [0.29, 0.717) is 13.0 Å². The fraction of sp³-hybridized carbons (Fsp3) is 0.950. The number of carbonyl (C=O) groups excluding carboxylic acids is 1. The van der Waals surface area contributed by atoms with Crippen LogP contribution in [-0.4, -0.2) is 47.2 Å². The number of carbonyl (C=O) groups is 1. The van der Waals surface area contributed by atoms with Crippen molar-refractivity contribution < 1.29 is 23.1 Å². The van der Waals surface area contributed by atoms with Gasteiger partial charge in [0.05, 0.1) is 6.61 Å². The van der Waals surface area contributed by atoms with Gasteiger partial charge in [-0.25, -0.2) is 4.79 Å². The van der Waals surface area contributed by atoms with Gasteiger partial charge in [-0.15, -0.1) is 0 Å². The summed E-state index contributed by atoms with van der Waals surface area (Å²) >= 11 is 0. The van der Waals surface area contributed by atoms with Crippen LogP contribution in [0.4, 0.5) is 0 Å². The van der Waals surface area contributed by atoms with E-state index in [1.165, 1.54) is 0 Å². The molecular weight excluding hydrogens is 376 g/mol. The van der Waals surface area contributed by atoms with Crippen molar-refractivity contribution in [1.82, 2.24) is 0 Å². The van der Waals surface area contributed by atoms with E-state index in [0.717, 1.165) is 49.1 Å². The zero-order chi connectivity index (χ0) is 20.1. The second-order valence-electron chi connectivity index (χ2n) is 8.10. The van der Waals surface area contributed by atoms with Crippen molar-refractivity contribution in [2.75, 3.05) is 6.61 Å². The summed E-state index contributed by atoms with van der Waals surface area (Å²) in [6, 6.07) is 6.11. The van der Waals surface area contributed by atoms with Gasteiger partial charge in [0.2, 0.25) is 5.79 Å². The van der Waals surface area contributed by atoms with Crippen LogP contribution in [0.15, 0.2) is 0 Å². The van der Waals surface area contributed by atoms with E-state index in [9.17, 15) is 4.79 Å². The fourth-order valence-corrected chi connectivity index (χ4v) is 10.1. The standard InChI is InChI=1S/C20H40O5Si2/c1-7-26(8-2,9-3)24-17-18(25-27(10-4,11-5)12-6)20(23-19(17)21)15-13-14-16-22-20/h17-18H,7-16H2,1-6H3/t17-,18-,20-/m1/s1. The molecule has 3 atom stereocenters. The molecular formula is C20H40O5Si2. The van der Waals surface area contributed by atoms with Gasteiger partial charge in [-0.2, -0.15) is 0 Å². The molecule has 5 nitrogen and oxygen atoms in total. The average Bonchev–Trinajstić information content (AvgIpc) is 2.94. The summed E-state index contributed by atoms with van der Waals surface area (Å²) in [6.07, 6.45) is 1.66. The Morgan fingerprint density at radius 1 is 0.889 bits per heavy atom. The topological polar surface area (TPSA) is 54.0 Å². The van der Waals surface area contributed by atoms with Crippen molar-refractivity contribution in [3.05, 3.63) is 0 Å². The lowest BCUT2D eigenvalue weighted by molar-refractivity contribution is -0.256. The summed E-state index contributed by atoms with van der Waals surface area (Å²) < 4.78 is 25.6. The Morgan fingerprint density at radius 3 is 1.85 bits per heavy atom. The normalized spacial score (nSPS) is 29.3. The molecule has 0 bridgehead atoms. The predicted octanol–water partition coefficient (Wildman–Crippen LogP) is 5.22. The first kappa shape index (κ1) is 23.1. The molecule has 2 fully saturated rings. The van der Waals surface area contributed by atoms with Gasteiger partial charge in [0.1, 0.15) is 6.10 Å². The van der Waals surface area contributed by atoms with E-state index < -0.39 is 34.6 Å². The van der Waals surface area contributed by atoms with Crippen molar-refractivity contribution in [2.24, 2.45) is 0 Å². The van der Waals surface area contributed by atoms with Crippen LogP contribution in [0.3, 0.4) is 0 Å². The third kappa shape index (κ3) is 4.52. The van der Waals surface area contributed by atoms with Crippen molar-refractivity contribution in [3.8, 4) is 0 Å². The lowest BCUT2D eigenvalue weighted by atomic mass is 9.99. The molecule has 0 saturated carbocycles. The van der Waals surface area contributed by atoms with Gasteiger partial charge >= 0.3 is 5.97 Å². The molecule has 0 radical (unpaired) electrons. The minimum atomic E-state index is -1.97. The van der Waals surface area contributed by atoms with Crippen LogP contribution in [0.5, 0.6) is 0 Å². The Kier molecular flexibility index (Phi) is 8.13. The molecule has 1 spiro atoms. The minimum absolute atomic E-state index is 0.277. The quantitative estimate of drug-likeness (QED) is 0.361. The van der Waals surface area contributed by atoms with E-state index in [1.807, 2.05) is 0 Å². The first-order valence-electron chi connectivity index (χ1n) is 11.1. The molecule has 0 unspecified atom stereocenters. The highest BCUT2D eigenvalue weighted by molar-refractivity contribution is 6.74. The molecule has 0 aromatic heterocycles. The number of ether oxygens (including phenoxy) is 2. The third-order valence-electron chi connectivity index (χ3n) is 7.10. The highest BCUT2D eigenvalue weighted by Crippen LogP contribution is 2.43. The summed E-state index contributed by atoms with van der Waals surface area (Å²) in [5.74, 6) is -1.21. The van der Waals surface area contributed by atoms with E-state index in [-0.39, 0.29) is 5.97 Å². The molecule has 0 aromatic carbocycles. The lowest BCUT2D eigenvalue weighted by Crippen LogP contribution is -2.56. The molecule has 0 N–H and O–H groups in total. The largest absolute Gasteiger partial charge is 0.428 e. The van der Waals surface area contributed by atoms with Gasteiger partial charge in [0.15, 0.2) is 22.7 Å². The van der Waals surface area contributed by atoms with Crippen LogP contribution in [0.25, 0.3) is 0 Å². The van der Waals surface area contributed by atoms with E-state index in [1.54, 1.807) is 0 Å². The first-order valence-corrected chi connectivity index (χ1v) is 16.2. The number of esters is 1. The van der Waals surface area contributed by atoms with Crippen LogP contribution in [0.1, 0.15) is 60.8 Å². The van der Waals surface area contributed by atoms with Crippen molar-refractivity contribution in [3.63, 3.8) is 0 Å². The number of rotatable bonds is 10. The molecule has 0 amide bonds. The maximum Gasteiger partial charge on any atom is 0.339 e. The van der Waals surface area contributed by atoms with Crippen LogP contribution < -0.4 is 0 Å². The maximum absolute atomic E-state index is 13.0. The van der Waals surface area contributed by atoms with E-state index in [2.05, 4.69) is 41.5 Å². The summed E-state index contributed by atoms with van der Waals surface area (Å²) in [5, 5.41) is 0. The van der Waals surface area contributed by atoms with Crippen molar-refractivity contribution in [1.29, 1.82) is 0 Å². The molecule has 2 aliphatic heterocycles. The Bertz CT molecular complexity index is 468. The van der Waals surface area contributed by atoms with Crippen LogP contribution in [0, 0.1) is 0 Å². The average molecular weight is 417 g/mol. The molecule has 2 heterocycles. The Morgan fingerprint density at radius 2 is 1.41 bits per heavy atom. The monoisotopic (exact) mass is 416 g/mol.